The van der Waals surface area contributed by atoms with Crippen LogP contribution in [-0.2, 0) is 14.3 Å². The minimum Gasteiger partial charge on any atom is -0.383 e. The second-order valence-electron chi connectivity index (χ2n) is 9.33. The first kappa shape index (κ1) is 33.6. The molecule has 0 aliphatic rings. The van der Waals surface area contributed by atoms with Crippen molar-refractivity contribution in [1.29, 1.82) is 0 Å². The highest BCUT2D eigenvalue weighted by molar-refractivity contribution is 7.97. The van der Waals surface area contributed by atoms with E-state index in [-0.39, 0.29) is 5.91 Å². The molecule has 4 N–H and O–H groups in total. The molecule has 0 atom stereocenters. The monoisotopic (exact) mass is 589 g/mol. The third-order valence-electron chi connectivity index (χ3n) is 5.88. The number of nitrogens with one attached hydrogen (secondary N) is 2. The number of nitrogens with two attached hydrogens (primary N) is 1. The number of alkyl halides is 1. The molecule has 0 heterocycles. The van der Waals surface area contributed by atoms with E-state index < -0.39 is 0 Å². The van der Waals surface area contributed by atoms with Crippen LogP contribution in [0.5, 0.6) is 0 Å². The van der Waals surface area contributed by atoms with Crippen LogP contribution in [0.1, 0.15) is 43.2 Å². The number of unbranched alkanes of at least 4 members (excludes halogenated alkanes) is 3. The Morgan fingerprint density at radius 2 is 1.57 bits per heavy atom. The minimum atomic E-state index is -0.0131. The third kappa shape index (κ3) is 14.2. The summed E-state index contributed by atoms with van der Waals surface area (Å²) in [6.07, 6.45) is 4.81. The lowest BCUT2D eigenvalue weighted by Gasteiger charge is -2.12. The molecule has 0 aliphatic carbocycles. The van der Waals surface area contributed by atoms with Gasteiger partial charge in [0.25, 0.3) is 0 Å². The number of benzene rings is 2. The molecular formula is C30H44ClN5O3S. The molecule has 0 bridgehead atoms. The summed E-state index contributed by atoms with van der Waals surface area (Å²) in [4.78, 5) is 19.5. The number of carbonyl (C=O) groups excluding carboxylic acids is 1. The van der Waals surface area contributed by atoms with Crippen molar-refractivity contribution in [3.63, 3.8) is 0 Å². The van der Waals surface area contributed by atoms with Gasteiger partial charge >= 0.3 is 0 Å². The Morgan fingerprint density at radius 1 is 0.925 bits per heavy atom. The zero-order chi connectivity index (χ0) is 29.0. The number of aliphatic imine (C=N–C) groups is 1. The van der Waals surface area contributed by atoms with Crippen molar-refractivity contribution in [3.8, 4) is 0 Å². The van der Waals surface area contributed by atoms with Crippen molar-refractivity contribution >= 4 is 46.7 Å². The predicted molar refractivity (Wildman–Crippen MR) is 169 cm³/mol. The molecule has 220 valence electrons. The van der Waals surface area contributed by atoms with E-state index in [1.54, 1.807) is 0 Å². The fourth-order valence-electron chi connectivity index (χ4n) is 3.54. The normalized spacial score (nSPS) is 11.4. The van der Waals surface area contributed by atoms with Crippen molar-refractivity contribution in [2.24, 2.45) is 10.7 Å². The zero-order valence-electron chi connectivity index (χ0n) is 23.8. The number of amidine groups is 1. The van der Waals surface area contributed by atoms with Crippen LogP contribution in [0.4, 0.5) is 5.69 Å². The first-order chi connectivity index (χ1) is 19.4. The maximum absolute atomic E-state index is 12.0. The molecule has 0 aromatic heterocycles. The second-order valence-corrected chi connectivity index (χ2v) is 10.7. The maximum Gasteiger partial charge on any atom is 0.221 e. The van der Waals surface area contributed by atoms with Crippen LogP contribution in [0, 0.1) is 0 Å². The van der Waals surface area contributed by atoms with Crippen LogP contribution in [0.15, 0.2) is 65.0 Å². The highest BCUT2D eigenvalue weighted by Gasteiger charge is 2.05. The van der Waals surface area contributed by atoms with Gasteiger partial charge in [0.2, 0.25) is 5.91 Å². The SMILES string of the molecule is C=C(N=C(N)c1ccc(SNCCC(=O)NCCOCCOCCCCCCCl)cc1)c1ccc(N(C)C)cc1. The Balaban J connectivity index is 1.55. The molecule has 10 heteroatoms. The second kappa shape index (κ2) is 20.3. The molecule has 0 radical (unpaired) electrons. The van der Waals surface area contributed by atoms with Crippen molar-refractivity contribution < 1.29 is 14.3 Å². The predicted octanol–water partition coefficient (Wildman–Crippen LogP) is 5.06. The van der Waals surface area contributed by atoms with Crippen LogP contribution < -0.4 is 20.7 Å². The van der Waals surface area contributed by atoms with Gasteiger partial charge in [0.1, 0.15) is 5.84 Å². The number of halogens is 1. The third-order valence-corrected chi connectivity index (χ3v) is 7.00. The Labute approximate surface area is 248 Å². The van der Waals surface area contributed by atoms with Crippen LogP contribution in [0.2, 0.25) is 0 Å². The van der Waals surface area contributed by atoms with Crippen LogP contribution >= 0.6 is 23.5 Å². The number of amides is 1. The van der Waals surface area contributed by atoms with Gasteiger partial charge in [-0.15, -0.1) is 11.6 Å². The van der Waals surface area contributed by atoms with E-state index >= 15 is 0 Å². The van der Waals surface area contributed by atoms with Gasteiger partial charge in [-0.05, 0) is 54.6 Å². The first-order valence-corrected chi connectivity index (χ1v) is 15.0. The molecule has 0 saturated carbocycles. The minimum absolute atomic E-state index is 0.0131. The molecule has 8 nitrogen and oxygen atoms in total. The Hall–Kier alpha value is -2.56. The standard InChI is InChI=1S/C30H44ClN5O3S/c1-24(25-8-12-27(13-9-25)36(2)3)35-30(32)26-10-14-28(15-11-26)40-34-18-16-29(37)33-19-21-39-23-22-38-20-7-5-4-6-17-31/h8-15,34H,1,4-7,16-23H2,2-3H3,(H2,32,35)(H,33,37). The number of ether oxygens (including phenoxy) is 2. The van der Waals surface area contributed by atoms with E-state index in [4.69, 9.17) is 26.8 Å². The fourth-order valence-corrected chi connectivity index (χ4v) is 4.38. The highest BCUT2D eigenvalue weighted by atomic mass is 35.5. The molecule has 2 aromatic carbocycles. The van der Waals surface area contributed by atoms with E-state index in [9.17, 15) is 4.79 Å². The van der Waals surface area contributed by atoms with Gasteiger partial charge in [0.05, 0.1) is 25.5 Å². The highest BCUT2D eigenvalue weighted by Crippen LogP contribution is 2.20. The van der Waals surface area contributed by atoms with E-state index in [1.165, 1.54) is 11.9 Å². The average molecular weight is 590 g/mol. The van der Waals surface area contributed by atoms with Gasteiger partial charge in [0, 0.05) is 62.2 Å². The van der Waals surface area contributed by atoms with Gasteiger partial charge in [0.15, 0.2) is 0 Å². The summed E-state index contributed by atoms with van der Waals surface area (Å²) in [5.41, 5.74) is 9.68. The summed E-state index contributed by atoms with van der Waals surface area (Å²) in [7, 11) is 4.00. The number of rotatable bonds is 21. The van der Waals surface area contributed by atoms with E-state index in [2.05, 4.69) is 21.6 Å². The number of hydrogen-bond acceptors (Lipinski definition) is 7. The lowest BCUT2D eigenvalue weighted by Crippen LogP contribution is -2.29. The van der Waals surface area contributed by atoms with E-state index in [0.29, 0.717) is 50.9 Å². The molecule has 0 spiro atoms. The van der Waals surface area contributed by atoms with Gasteiger partial charge in [-0.1, -0.05) is 43.7 Å². The average Bonchev–Trinajstić information content (AvgIpc) is 2.96. The zero-order valence-corrected chi connectivity index (χ0v) is 25.4. The Morgan fingerprint density at radius 3 is 2.25 bits per heavy atom. The smallest absolute Gasteiger partial charge is 0.221 e. The summed E-state index contributed by atoms with van der Waals surface area (Å²) >= 11 is 7.12. The van der Waals surface area contributed by atoms with Gasteiger partial charge in [-0.25, -0.2) is 4.99 Å². The lowest BCUT2D eigenvalue weighted by molar-refractivity contribution is -0.121. The van der Waals surface area contributed by atoms with Crippen LogP contribution in [0.25, 0.3) is 5.70 Å². The van der Waals surface area contributed by atoms with E-state index in [0.717, 1.165) is 59.9 Å². The van der Waals surface area contributed by atoms with Gasteiger partial charge < -0.3 is 25.4 Å². The number of anilines is 1. The molecule has 0 saturated heterocycles. The Bertz CT molecular complexity index is 1030. The van der Waals surface area contributed by atoms with Gasteiger partial charge in [-0.3, -0.25) is 9.52 Å². The molecule has 2 aromatic rings. The van der Waals surface area contributed by atoms with E-state index in [1.807, 2.05) is 67.5 Å². The summed E-state index contributed by atoms with van der Waals surface area (Å²) < 4.78 is 14.2. The number of nitrogens with zero attached hydrogens (tertiary/aromatic N) is 2. The van der Waals surface area contributed by atoms with Crippen molar-refractivity contribution in [3.05, 3.63) is 66.2 Å². The van der Waals surface area contributed by atoms with Crippen LogP contribution in [-0.4, -0.2) is 71.2 Å². The summed E-state index contributed by atoms with van der Waals surface area (Å²) in [5.74, 6) is 1.13. The maximum atomic E-state index is 12.0. The summed E-state index contributed by atoms with van der Waals surface area (Å²) in [6, 6.07) is 15.8. The molecule has 2 rings (SSSR count). The molecule has 0 aliphatic heterocycles. The quantitative estimate of drug-likeness (QED) is 0.0615. The van der Waals surface area contributed by atoms with Crippen molar-refractivity contribution in [2.75, 3.05) is 64.4 Å². The lowest BCUT2D eigenvalue weighted by atomic mass is 10.1. The van der Waals surface area contributed by atoms with Crippen molar-refractivity contribution in [1.82, 2.24) is 10.0 Å². The molecule has 1 amide bonds. The largest absolute Gasteiger partial charge is 0.383 e. The topological polar surface area (TPSA) is 101 Å². The van der Waals surface area contributed by atoms with Gasteiger partial charge in [-0.2, -0.15) is 0 Å². The van der Waals surface area contributed by atoms with Crippen molar-refractivity contribution in [2.45, 2.75) is 37.0 Å². The summed E-state index contributed by atoms with van der Waals surface area (Å²) in [6.45, 7) is 7.43. The Kier molecular flexibility index (Phi) is 17.1. The molecule has 40 heavy (non-hydrogen) atoms. The number of hydrogen-bond donors (Lipinski definition) is 3. The molecule has 0 fully saturated rings. The summed E-state index contributed by atoms with van der Waals surface area (Å²) in [5, 5.41) is 2.87. The van der Waals surface area contributed by atoms with Crippen LogP contribution in [0.3, 0.4) is 0 Å². The first-order valence-electron chi connectivity index (χ1n) is 13.7. The molecular weight excluding hydrogens is 546 g/mol. The number of carbonyl (C=O) groups is 1. The molecule has 0 unspecified atom stereocenters. The fraction of sp³-hybridized carbons (Fsp3) is 0.467.